The number of thioether (sulfide) groups is 1. The van der Waals surface area contributed by atoms with Gasteiger partial charge in [0.2, 0.25) is 0 Å². The van der Waals surface area contributed by atoms with Gasteiger partial charge in [0.1, 0.15) is 0 Å². The van der Waals surface area contributed by atoms with Crippen LogP contribution in [0.3, 0.4) is 0 Å². The topological polar surface area (TPSA) is 15.6 Å². The third-order valence-electron chi connectivity index (χ3n) is 2.82. The lowest BCUT2D eigenvalue weighted by Gasteiger charge is -2.23. The van der Waals surface area contributed by atoms with Gasteiger partial charge in [0.25, 0.3) is 0 Å². The summed E-state index contributed by atoms with van der Waals surface area (Å²) in [7, 11) is 0. The van der Waals surface area contributed by atoms with Crippen LogP contribution in [-0.4, -0.2) is 30.6 Å². The Morgan fingerprint density at radius 2 is 1.81 bits per heavy atom. The molecular formula is C13H18N2S. The molecular weight excluding hydrogens is 216 g/mol. The Kier molecular flexibility index (Phi) is 4.28. The van der Waals surface area contributed by atoms with Crippen molar-refractivity contribution in [2.24, 2.45) is 5.10 Å². The summed E-state index contributed by atoms with van der Waals surface area (Å²) >= 11 is 1.77. The van der Waals surface area contributed by atoms with E-state index in [9.17, 15) is 0 Å². The highest BCUT2D eigenvalue weighted by atomic mass is 32.2. The normalized spacial score (nSPS) is 16.9. The van der Waals surface area contributed by atoms with E-state index in [1.165, 1.54) is 29.7 Å². The predicted octanol–water partition coefficient (Wildman–Crippen LogP) is 3.23. The fraction of sp³-hybridized carbons (Fsp3) is 0.462. The van der Waals surface area contributed by atoms with Crippen molar-refractivity contribution in [3.8, 4) is 0 Å². The van der Waals surface area contributed by atoms with Crippen LogP contribution in [0.2, 0.25) is 0 Å². The molecule has 0 spiro atoms. The molecule has 1 aliphatic rings. The molecule has 1 aliphatic heterocycles. The Labute approximate surface area is 102 Å². The van der Waals surface area contributed by atoms with Gasteiger partial charge in [0.05, 0.1) is 6.21 Å². The first-order valence-electron chi connectivity index (χ1n) is 5.81. The first kappa shape index (κ1) is 11.5. The van der Waals surface area contributed by atoms with E-state index >= 15 is 0 Å². The van der Waals surface area contributed by atoms with Gasteiger partial charge >= 0.3 is 0 Å². The zero-order chi connectivity index (χ0) is 11.2. The first-order chi connectivity index (χ1) is 7.88. The van der Waals surface area contributed by atoms with E-state index in [4.69, 9.17) is 0 Å². The van der Waals surface area contributed by atoms with Gasteiger partial charge in [0.15, 0.2) is 0 Å². The summed E-state index contributed by atoms with van der Waals surface area (Å²) in [6.45, 7) is 2.22. The van der Waals surface area contributed by atoms with E-state index in [1.807, 2.05) is 6.21 Å². The summed E-state index contributed by atoms with van der Waals surface area (Å²) in [5.74, 6) is 0. The molecule has 0 aromatic heterocycles. The number of piperidine rings is 1. The summed E-state index contributed by atoms with van der Waals surface area (Å²) < 4.78 is 0. The van der Waals surface area contributed by atoms with Crippen molar-refractivity contribution in [1.29, 1.82) is 0 Å². The molecule has 0 aliphatic carbocycles. The highest BCUT2D eigenvalue weighted by Gasteiger charge is 2.05. The monoisotopic (exact) mass is 234 g/mol. The molecule has 1 heterocycles. The maximum absolute atomic E-state index is 4.51. The Morgan fingerprint density at radius 3 is 2.44 bits per heavy atom. The van der Waals surface area contributed by atoms with Crippen molar-refractivity contribution in [1.82, 2.24) is 5.01 Å². The van der Waals surface area contributed by atoms with Gasteiger partial charge in [-0.1, -0.05) is 12.1 Å². The molecule has 1 saturated heterocycles. The van der Waals surface area contributed by atoms with E-state index < -0.39 is 0 Å². The molecule has 2 rings (SSSR count). The standard InChI is InChI=1S/C13H18N2S/c1-16-13-7-5-12(6-8-13)11-14-15-9-3-2-4-10-15/h5-8,11H,2-4,9-10H2,1H3. The molecule has 0 radical (unpaired) electrons. The molecule has 86 valence electrons. The van der Waals surface area contributed by atoms with Gasteiger partial charge in [0, 0.05) is 18.0 Å². The molecule has 0 unspecified atom stereocenters. The summed E-state index contributed by atoms with van der Waals surface area (Å²) in [4.78, 5) is 1.30. The zero-order valence-electron chi connectivity index (χ0n) is 9.72. The fourth-order valence-corrected chi connectivity index (χ4v) is 2.24. The molecule has 0 N–H and O–H groups in total. The van der Waals surface area contributed by atoms with E-state index in [1.54, 1.807) is 11.8 Å². The summed E-state index contributed by atoms with van der Waals surface area (Å²) in [6.07, 6.45) is 7.98. The van der Waals surface area contributed by atoms with Gasteiger partial charge in [-0.05, 0) is 43.2 Å². The highest BCUT2D eigenvalue weighted by molar-refractivity contribution is 7.98. The maximum Gasteiger partial charge on any atom is 0.0542 e. The second-order valence-electron chi connectivity index (χ2n) is 4.03. The molecule has 3 heteroatoms. The predicted molar refractivity (Wildman–Crippen MR) is 71.2 cm³/mol. The molecule has 1 aromatic carbocycles. The Morgan fingerprint density at radius 1 is 1.12 bits per heavy atom. The van der Waals surface area contributed by atoms with Gasteiger partial charge < -0.3 is 0 Å². The lowest BCUT2D eigenvalue weighted by molar-refractivity contribution is 0.240. The molecule has 2 nitrogen and oxygen atoms in total. The van der Waals surface area contributed by atoms with Crippen LogP contribution < -0.4 is 0 Å². The molecule has 0 amide bonds. The molecule has 0 saturated carbocycles. The van der Waals surface area contributed by atoms with Crippen LogP contribution in [0.15, 0.2) is 34.3 Å². The molecule has 1 fully saturated rings. The maximum atomic E-state index is 4.51. The second kappa shape index (κ2) is 5.94. The van der Waals surface area contributed by atoms with E-state index in [0.717, 1.165) is 13.1 Å². The quantitative estimate of drug-likeness (QED) is 0.589. The smallest absolute Gasteiger partial charge is 0.0542 e. The van der Waals surface area contributed by atoms with Crippen molar-refractivity contribution in [3.05, 3.63) is 29.8 Å². The largest absolute Gasteiger partial charge is 0.297 e. The number of hydrogen-bond donors (Lipinski definition) is 0. The fourth-order valence-electron chi connectivity index (χ4n) is 1.83. The third-order valence-corrected chi connectivity index (χ3v) is 3.56. The van der Waals surface area contributed by atoms with Crippen molar-refractivity contribution < 1.29 is 0 Å². The Balaban J connectivity index is 1.94. The second-order valence-corrected chi connectivity index (χ2v) is 4.91. The van der Waals surface area contributed by atoms with Crippen molar-refractivity contribution in [2.45, 2.75) is 24.2 Å². The third kappa shape index (κ3) is 3.27. The average Bonchev–Trinajstić information content (AvgIpc) is 2.38. The lowest BCUT2D eigenvalue weighted by atomic mass is 10.2. The van der Waals surface area contributed by atoms with Crippen LogP contribution in [0, 0.1) is 0 Å². The van der Waals surface area contributed by atoms with Crippen LogP contribution in [-0.2, 0) is 0 Å². The molecule has 16 heavy (non-hydrogen) atoms. The zero-order valence-corrected chi connectivity index (χ0v) is 10.5. The summed E-state index contributed by atoms with van der Waals surface area (Å²) in [5.41, 5.74) is 1.18. The van der Waals surface area contributed by atoms with E-state index in [-0.39, 0.29) is 0 Å². The van der Waals surface area contributed by atoms with Crippen LogP contribution >= 0.6 is 11.8 Å². The number of benzene rings is 1. The number of hydrazone groups is 1. The number of hydrogen-bond acceptors (Lipinski definition) is 3. The van der Waals surface area contributed by atoms with Crippen molar-refractivity contribution in [2.75, 3.05) is 19.3 Å². The summed E-state index contributed by atoms with van der Waals surface area (Å²) in [5, 5.41) is 6.68. The van der Waals surface area contributed by atoms with Crippen LogP contribution in [0.25, 0.3) is 0 Å². The minimum atomic E-state index is 1.11. The average molecular weight is 234 g/mol. The van der Waals surface area contributed by atoms with Crippen LogP contribution in [0.1, 0.15) is 24.8 Å². The van der Waals surface area contributed by atoms with E-state index in [2.05, 4.69) is 40.6 Å². The Bertz CT molecular complexity index is 339. The van der Waals surface area contributed by atoms with E-state index in [0.29, 0.717) is 0 Å². The van der Waals surface area contributed by atoms with Crippen LogP contribution in [0.4, 0.5) is 0 Å². The lowest BCUT2D eigenvalue weighted by Crippen LogP contribution is -2.24. The SMILES string of the molecule is CSc1ccc(C=NN2CCCCC2)cc1. The molecule has 1 aromatic rings. The van der Waals surface area contributed by atoms with Crippen molar-refractivity contribution >= 4 is 18.0 Å². The van der Waals surface area contributed by atoms with Gasteiger partial charge in [-0.15, -0.1) is 11.8 Å². The number of nitrogens with zero attached hydrogens (tertiary/aromatic N) is 2. The summed E-state index contributed by atoms with van der Waals surface area (Å²) in [6, 6.07) is 8.53. The van der Waals surface area contributed by atoms with Crippen molar-refractivity contribution in [3.63, 3.8) is 0 Å². The molecule has 0 atom stereocenters. The van der Waals surface area contributed by atoms with Gasteiger partial charge in [-0.2, -0.15) is 5.10 Å². The molecule has 0 bridgehead atoms. The number of rotatable bonds is 3. The van der Waals surface area contributed by atoms with Crippen LogP contribution in [0.5, 0.6) is 0 Å². The highest BCUT2D eigenvalue weighted by Crippen LogP contribution is 2.14. The first-order valence-corrected chi connectivity index (χ1v) is 7.04. The van der Waals surface area contributed by atoms with Gasteiger partial charge in [-0.3, -0.25) is 5.01 Å². The Hall–Kier alpha value is -0.960. The minimum absolute atomic E-state index is 1.11. The van der Waals surface area contributed by atoms with Gasteiger partial charge in [-0.25, -0.2) is 0 Å². The minimum Gasteiger partial charge on any atom is -0.297 e.